The molecule has 0 aliphatic carbocycles. The summed E-state index contributed by atoms with van der Waals surface area (Å²) in [6.07, 6.45) is 1.24. The van der Waals surface area contributed by atoms with Crippen molar-refractivity contribution < 1.29 is 9.63 Å². The van der Waals surface area contributed by atoms with Crippen LogP contribution in [-0.2, 0) is 9.63 Å². The van der Waals surface area contributed by atoms with Gasteiger partial charge >= 0.3 is 0 Å². The van der Waals surface area contributed by atoms with Crippen molar-refractivity contribution in [1.29, 1.82) is 0 Å². The Labute approximate surface area is 126 Å². The van der Waals surface area contributed by atoms with Gasteiger partial charge in [0.2, 0.25) is 5.91 Å². The third-order valence-electron chi connectivity index (χ3n) is 3.42. The van der Waals surface area contributed by atoms with Gasteiger partial charge in [-0.15, -0.1) is 0 Å². The second kappa shape index (κ2) is 6.29. The summed E-state index contributed by atoms with van der Waals surface area (Å²) < 4.78 is 0. The van der Waals surface area contributed by atoms with Gasteiger partial charge < -0.3 is 9.74 Å². The van der Waals surface area contributed by atoms with E-state index >= 15 is 0 Å². The van der Waals surface area contributed by atoms with Gasteiger partial charge in [0.05, 0.1) is 12.3 Å². The predicted molar refractivity (Wildman–Crippen MR) is 84.2 cm³/mol. The van der Waals surface area contributed by atoms with E-state index in [0.29, 0.717) is 13.0 Å². The Morgan fingerprint density at radius 2 is 2.00 bits per heavy atom. The minimum atomic E-state index is -0.0471. The van der Waals surface area contributed by atoms with Crippen molar-refractivity contribution in [1.82, 2.24) is 4.90 Å². The zero-order valence-corrected chi connectivity index (χ0v) is 13.3. The average Bonchev–Trinajstić information content (AvgIpc) is 2.86. The molecule has 0 bridgehead atoms. The lowest BCUT2D eigenvalue weighted by Crippen LogP contribution is -2.36. The first-order chi connectivity index (χ1) is 9.85. The highest BCUT2D eigenvalue weighted by atomic mass is 16.6. The number of carbonyl (C=O) groups excluding carboxylic acids is 1. The van der Waals surface area contributed by atoms with Crippen LogP contribution in [0.2, 0.25) is 0 Å². The Morgan fingerprint density at radius 1 is 1.33 bits per heavy atom. The molecule has 1 aliphatic heterocycles. The van der Waals surface area contributed by atoms with Gasteiger partial charge in [-0.3, -0.25) is 4.79 Å². The summed E-state index contributed by atoms with van der Waals surface area (Å²) in [5.41, 5.74) is 2.05. The van der Waals surface area contributed by atoms with Crippen molar-refractivity contribution in [2.45, 2.75) is 39.7 Å². The molecule has 114 valence electrons. The zero-order valence-electron chi connectivity index (χ0n) is 13.3. The number of likely N-dealkylation sites (N-methyl/N-ethyl adjacent to an activating group) is 1. The van der Waals surface area contributed by atoms with E-state index in [4.69, 9.17) is 4.84 Å². The molecule has 1 aromatic carbocycles. The topological polar surface area (TPSA) is 41.9 Å². The van der Waals surface area contributed by atoms with Crippen molar-refractivity contribution in [3.63, 3.8) is 0 Å². The lowest BCUT2D eigenvalue weighted by atomic mass is 9.91. The van der Waals surface area contributed by atoms with Gasteiger partial charge in [-0.2, -0.15) is 0 Å². The normalized spacial score (nSPS) is 18.1. The second-order valence-electron chi connectivity index (χ2n) is 6.85. The molecule has 0 spiro atoms. The largest absolute Gasteiger partial charge is 0.390 e. The molecule has 1 aromatic rings. The molecule has 1 unspecified atom stereocenters. The third kappa shape index (κ3) is 4.59. The Hall–Kier alpha value is -1.84. The molecular weight excluding hydrogens is 264 g/mol. The molecular formula is C17H24N2O2. The fourth-order valence-corrected chi connectivity index (χ4v) is 2.32. The van der Waals surface area contributed by atoms with E-state index in [1.54, 1.807) is 4.90 Å². The maximum absolute atomic E-state index is 12.1. The minimum Gasteiger partial charge on any atom is -0.390 e. The average molecular weight is 288 g/mol. The Kier molecular flexibility index (Phi) is 4.66. The van der Waals surface area contributed by atoms with Crippen LogP contribution in [0.1, 0.15) is 39.2 Å². The van der Waals surface area contributed by atoms with E-state index in [0.717, 1.165) is 17.7 Å². The number of amides is 1. The van der Waals surface area contributed by atoms with Gasteiger partial charge in [0.25, 0.3) is 0 Å². The van der Waals surface area contributed by atoms with Crippen LogP contribution in [0.4, 0.5) is 0 Å². The van der Waals surface area contributed by atoms with E-state index in [9.17, 15) is 4.79 Å². The molecule has 1 heterocycles. The molecule has 1 aliphatic rings. The summed E-state index contributed by atoms with van der Waals surface area (Å²) in [6.45, 7) is 6.79. The fourth-order valence-electron chi connectivity index (χ4n) is 2.32. The van der Waals surface area contributed by atoms with E-state index in [1.807, 2.05) is 37.4 Å². The maximum Gasteiger partial charge on any atom is 0.222 e. The first-order valence-electron chi connectivity index (χ1n) is 7.37. The quantitative estimate of drug-likeness (QED) is 0.854. The summed E-state index contributed by atoms with van der Waals surface area (Å²) in [5.74, 6) is 0.152. The Balaban J connectivity index is 1.85. The van der Waals surface area contributed by atoms with Gasteiger partial charge in [-0.1, -0.05) is 56.3 Å². The van der Waals surface area contributed by atoms with Crippen molar-refractivity contribution in [2.24, 2.45) is 10.6 Å². The molecule has 4 nitrogen and oxygen atoms in total. The molecule has 4 heteroatoms. The van der Waals surface area contributed by atoms with Crippen LogP contribution in [0.25, 0.3) is 0 Å². The lowest BCUT2D eigenvalue weighted by molar-refractivity contribution is -0.133. The molecule has 1 atom stereocenters. The van der Waals surface area contributed by atoms with Gasteiger partial charge in [-0.25, -0.2) is 0 Å². The van der Waals surface area contributed by atoms with Gasteiger partial charge in [0.1, 0.15) is 0 Å². The van der Waals surface area contributed by atoms with Crippen molar-refractivity contribution in [3.8, 4) is 0 Å². The Bertz CT molecular complexity index is 517. The molecule has 1 amide bonds. The molecule has 0 fully saturated rings. The minimum absolute atomic E-state index is 0.00752. The Morgan fingerprint density at radius 3 is 2.62 bits per heavy atom. The van der Waals surface area contributed by atoms with Crippen LogP contribution >= 0.6 is 0 Å². The molecule has 0 aromatic heterocycles. The molecule has 21 heavy (non-hydrogen) atoms. The van der Waals surface area contributed by atoms with Crippen molar-refractivity contribution in [2.75, 3.05) is 13.6 Å². The predicted octanol–water partition coefficient (Wildman–Crippen LogP) is 3.07. The monoisotopic (exact) mass is 288 g/mol. The number of benzene rings is 1. The fraction of sp³-hybridized carbons (Fsp3) is 0.529. The highest BCUT2D eigenvalue weighted by molar-refractivity contribution is 6.01. The van der Waals surface area contributed by atoms with E-state index in [-0.39, 0.29) is 17.4 Å². The summed E-state index contributed by atoms with van der Waals surface area (Å²) in [6, 6.07) is 10.0. The first-order valence-corrected chi connectivity index (χ1v) is 7.37. The summed E-state index contributed by atoms with van der Waals surface area (Å²) in [7, 11) is 1.83. The van der Waals surface area contributed by atoms with Gasteiger partial charge in [-0.05, 0) is 11.0 Å². The van der Waals surface area contributed by atoms with Gasteiger partial charge in [0.15, 0.2) is 6.10 Å². The summed E-state index contributed by atoms with van der Waals surface area (Å²) in [5, 5.41) is 4.15. The van der Waals surface area contributed by atoms with Crippen LogP contribution in [0, 0.1) is 5.41 Å². The number of nitrogens with zero attached hydrogens (tertiary/aromatic N) is 2. The van der Waals surface area contributed by atoms with E-state index < -0.39 is 0 Å². The molecule has 0 saturated carbocycles. The SMILES string of the molecule is CN(CC1CC(c2ccccc2)=NO1)C(=O)CC(C)(C)C. The van der Waals surface area contributed by atoms with Crippen LogP contribution in [-0.4, -0.2) is 36.2 Å². The molecule has 0 N–H and O–H groups in total. The molecule has 0 saturated heterocycles. The number of hydrogen-bond donors (Lipinski definition) is 0. The summed E-state index contributed by atoms with van der Waals surface area (Å²) >= 11 is 0. The van der Waals surface area contributed by atoms with Crippen LogP contribution in [0.5, 0.6) is 0 Å². The lowest BCUT2D eigenvalue weighted by Gasteiger charge is -2.24. The van der Waals surface area contributed by atoms with Crippen molar-refractivity contribution >= 4 is 11.6 Å². The summed E-state index contributed by atoms with van der Waals surface area (Å²) in [4.78, 5) is 19.3. The van der Waals surface area contributed by atoms with E-state index in [2.05, 4.69) is 25.9 Å². The number of rotatable bonds is 4. The van der Waals surface area contributed by atoms with Crippen LogP contribution < -0.4 is 0 Å². The van der Waals surface area contributed by atoms with Gasteiger partial charge in [0, 0.05) is 19.9 Å². The number of oxime groups is 1. The molecule has 2 rings (SSSR count). The smallest absolute Gasteiger partial charge is 0.222 e. The standard InChI is InChI=1S/C17H24N2O2/c1-17(2,3)11-16(20)19(4)12-14-10-15(18-21-14)13-8-6-5-7-9-13/h5-9,14H,10-12H2,1-4H3. The second-order valence-corrected chi connectivity index (χ2v) is 6.85. The first kappa shape index (κ1) is 15.5. The molecule has 0 radical (unpaired) electrons. The number of carbonyl (C=O) groups is 1. The maximum atomic E-state index is 12.1. The zero-order chi connectivity index (χ0) is 15.5. The highest BCUT2D eigenvalue weighted by Crippen LogP contribution is 2.21. The third-order valence-corrected chi connectivity index (χ3v) is 3.42. The van der Waals surface area contributed by atoms with Crippen molar-refractivity contribution in [3.05, 3.63) is 35.9 Å². The highest BCUT2D eigenvalue weighted by Gasteiger charge is 2.26. The van der Waals surface area contributed by atoms with E-state index in [1.165, 1.54) is 0 Å². The van der Waals surface area contributed by atoms with Crippen LogP contribution in [0.3, 0.4) is 0 Å². The van der Waals surface area contributed by atoms with Crippen LogP contribution in [0.15, 0.2) is 35.5 Å². The number of hydrogen-bond acceptors (Lipinski definition) is 3.